The summed E-state index contributed by atoms with van der Waals surface area (Å²) in [6.45, 7) is 5.07. The fourth-order valence-electron chi connectivity index (χ4n) is 2.66. The molecule has 1 unspecified atom stereocenters. The number of hydrogen-bond donors (Lipinski definition) is 1. The first-order valence-electron chi connectivity index (χ1n) is 7.25. The Bertz CT molecular complexity index is 493. The van der Waals surface area contributed by atoms with Gasteiger partial charge in [0.15, 0.2) is 0 Å². The standard InChI is InChI=1S/C16H24N4/c1-16(13-17,18-2)9-6-10-20-12-11-19(3)14-7-4-5-8-15(14)20/h4-5,7-8,18H,6,9-12H2,1-3H3. The minimum absolute atomic E-state index is 0.411. The number of likely N-dealkylation sites (N-methyl/N-ethyl adjacent to an activating group) is 1. The van der Waals surface area contributed by atoms with Crippen molar-refractivity contribution in [1.82, 2.24) is 5.32 Å². The molecule has 0 bridgehead atoms. The minimum atomic E-state index is -0.411. The zero-order chi connectivity index (χ0) is 14.6. The van der Waals surface area contributed by atoms with Crippen LogP contribution < -0.4 is 15.1 Å². The van der Waals surface area contributed by atoms with Gasteiger partial charge < -0.3 is 15.1 Å². The van der Waals surface area contributed by atoms with Gasteiger partial charge in [-0.05, 0) is 38.9 Å². The minimum Gasteiger partial charge on any atom is -0.371 e. The highest BCUT2D eigenvalue weighted by Crippen LogP contribution is 2.31. The summed E-state index contributed by atoms with van der Waals surface area (Å²) in [5, 5.41) is 12.3. The second kappa shape index (κ2) is 6.15. The Morgan fingerprint density at radius 3 is 2.65 bits per heavy atom. The van der Waals surface area contributed by atoms with Crippen molar-refractivity contribution >= 4 is 11.4 Å². The predicted octanol–water partition coefficient (Wildman–Crippen LogP) is 2.22. The second-order valence-electron chi connectivity index (χ2n) is 5.69. The van der Waals surface area contributed by atoms with Crippen LogP contribution >= 0.6 is 0 Å². The first kappa shape index (κ1) is 14.7. The van der Waals surface area contributed by atoms with Gasteiger partial charge >= 0.3 is 0 Å². The van der Waals surface area contributed by atoms with Crippen molar-refractivity contribution in [2.45, 2.75) is 25.3 Å². The average molecular weight is 272 g/mol. The van der Waals surface area contributed by atoms with E-state index in [2.05, 4.69) is 52.5 Å². The van der Waals surface area contributed by atoms with Crippen molar-refractivity contribution in [2.24, 2.45) is 0 Å². The molecule has 1 heterocycles. The molecule has 0 amide bonds. The van der Waals surface area contributed by atoms with Crippen molar-refractivity contribution in [2.75, 3.05) is 43.5 Å². The normalized spacial score (nSPS) is 17.3. The van der Waals surface area contributed by atoms with Crippen molar-refractivity contribution in [3.63, 3.8) is 0 Å². The van der Waals surface area contributed by atoms with E-state index in [9.17, 15) is 5.26 Å². The SMILES string of the molecule is CNC(C)(C#N)CCCN1CCN(C)c2ccccc21. The van der Waals surface area contributed by atoms with E-state index in [4.69, 9.17) is 0 Å². The van der Waals surface area contributed by atoms with Crippen molar-refractivity contribution in [1.29, 1.82) is 5.26 Å². The summed E-state index contributed by atoms with van der Waals surface area (Å²) in [7, 11) is 4.00. The molecule has 0 aliphatic carbocycles. The van der Waals surface area contributed by atoms with Crippen LogP contribution in [0.3, 0.4) is 0 Å². The summed E-state index contributed by atoms with van der Waals surface area (Å²) in [5.41, 5.74) is 2.20. The van der Waals surface area contributed by atoms with E-state index in [0.717, 1.165) is 32.5 Å². The smallest absolute Gasteiger partial charge is 0.103 e. The molecule has 20 heavy (non-hydrogen) atoms. The molecule has 0 saturated heterocycles. The zero-order valence-electron chi connectivity index (χ0n) is 12.7. The molecule has 1 aromatic carbocycles. The van der Waals surface area contributed by atoms with Gasteiger partial charge in [-0.2, -0.15) is 5.26 Å². The summed E-state index contributed by atoms with van der Waals surface area (Å²) >= 11 is 0. The first-order valence-corrected chi connectivity index (χ1v) is 7.25. The number of hydrogen-bond acceptors (Lipinski definition) is 4. The van der Waals surface area contributed by atoms with Crippen LogP contribution in [0.5, 0.6) is 0 Å². The van der Waals surface area contributed by atoms with Gasteiger partial charge in [0, 0.05) is 26.7 Å². The Labute approximate surface area is 122 Å². The Hall–Kier alpha value is -1.73. The summed E-state index contributed by atoms with van der Waals surface area (Å²) < 4.78 is 0. The topological polar surface area (TPSA) is 42.3 Å². The number of nitrogens with zero attached hydrogens (tertiary/aromatic N) is 3. The predicted molar refractivity (Wildman–Crippen MR) is 84.2 cm³/mol. The van der Waals surface area contributed by atoms with Crippen LogP contribution in [0.15, 0.2) is 24.3 Å². The molecular formula is C16H24N4. The van der Waals surface area contributed by atoms with E-state index in [0.29, 0.717) is 0 Å². The second-order valence-corrected chi connectivity index (χ2v) is 5.69. The molecule has 1 aromatic rings. The van der Waals surface area contributed by atoms with Crippen LogP contribution in [0.25, 0.3) is 0 Å². The summed E-state index contributed by atoms with van der Waals surface area (Å²) in [6.07, 6.45) is 1.89. The van der Waals surface area contributed by atoms with E-state index < -0.39 is 5.54 Å². The summed E-state index contributed by atoms with van der Waals surface area (Å²) in [4.78, 5) is 4.74. The number of nitriles is 1. The molecule has 1 aliphatic heterocycles. The number of fused-ring (bicyclic) bond motifs is 1. The molecule has 0 saturated carbocycles. The zero-order valence-corrected chi connectivity index (χ0v) is 12.7. The Morgan fingerprint density at radius 1 is 1.30 bits per heavy atom. The highest BCUT2D eigenvalue weighted by atomic mass is 15.2. The van der Waals surface area contributed by atoms with Crippen LogP contribution in [0.2, 0.25) is 0 Å². The van der Waals surface area contributed by atoms with E-state index >= 15 is 0 Å². The molecule has 1 aliphatic rings. The summed E-state index contributed by atoms with van der Waals surface area (Å²) in [5.74, 6) is 0. The maximum atomic E-state index is 9.18. The first-order chi connectivity index (χ1) is 9.59. The summed E-state index contributed by atoms with van der Waals surface area (Å²) in [6, 6.07) is 10.9. The van der Waals surface area contributed by atoms with E-state index in [-0.39, 0.29) is 0 Å². The number of benzene rings is 1. The lowest BCUT2D eigenvalue weighted by atomic mass is 9.97. The van der Waals surface area contributed by atoms with Crippen LogP contribution in [0, 0.1) is 11.3 Å². The van der Waals surface area contributed by atoms with Gasteiger partial charge in [-0.3, -0.25) is 0 Å². The molecule has 0 radical (unpaired) electrons. The third kappa shape index (κ3) is 3.05. The van der Waals surface area contributed by atoms with Gasteiger partial charge in [0.05, 0.1) is 17.4 Å². The van der Waals surface area contributed by atoms with Crippen molar-refractivity contribution < 1.29 is 0 Å². The largest absolute Gasteiger partial charge is 0.371 e. The van der Waals surface area contributed by atoms with Gasteiger partial charge in [0.2, 0.25) is 0 Å². The van der Waals surface area contributed by atoms with Crippen molar-refractivity contribution in [3.8, 4) is 6.07 Å². The van der Waals surface area contributed by atoms with Gasteiger partial charge in [-0.25, -0.2) is 0 Å². The van der Waals surface area contributed by atoms with E-state index in [1.54, 1.807) is 0 Å². The van der Waals surface area contributed by atoms with E-state index in [1.807, 2.05) is 14.0 Å². The van der Waals surface area contributed by atoms with Gasteiger partial charge in [-0.15, -0.1) is 0 Å². The van der Waals surface area contributed by atoms with Crippen LogP contribution in [0.1, 0.15) is 19.8 Å². The van der Waals surface area contributed by atoms with Gasteiger partial charge in [-0.1, -0.05) is 12.1 Å². The fraction of sp³-hybridized carbons (Fsp3) is 0.562. The van der Waals surface area contributed by atoms with Gasteiger partial charge in [0.1, 0.15) is 5.54 Å². The van der Waals surface area contributed by atoms with Crippen molar-refractivity contribution in [3.05, 3.63) is 24.3 Å². The Balaban J connectivity index is 1.99. The Morgan fingerprint density at radius 2 is 2.00 bits per heavy atom. The maximum absolute atomic E-state index is 9.18. The molecule has 1 N–H and O–H groups in total. The highest BCUT2D eigenvalue weighted by molar-refractivity contribution is 5.72. The fourth-order valence-corrected chi connectivity index (χ4v) is 2.66. The molecule has 4 nitrogen and oxygen atoms in total. The lowest BCUT2D eigenvalue weighted by Gasteiger charge is -2.37. The lowest BCUT2D eigenvalue weighted by molar-refractivity contribution is 0.440. The number of para-hydroxylation sites is 2. The lowest BCUT2D eigenvalue weighted by Crippen LogP contribution is -2.41. The average Bonchev–Trinajstić information content (AvgIpc) is 2.49. The number of rotatable bonds is 5. The molecular weight excluding hydrogens is 248 g/mol. The van der Waals surface area contributed by atoms with Crippen LogP contribution in [-0.4, -0.2) is 39.3 Å². The number of anilines is 2. The molecule has 1 atom stereocenters. The molecule has 0 aromatic heterocycles. The molecule has 0 spiro atoms. The van der Waals surface area contributed by atoms with Crippen LogP contribution in [-0.2, 0) is 0 Å². The third-order valence-electron chi connectivity index (χ3n) is 4.24. The third-order valence-corrected chi connectivity index (χ3v) is 4.24. The van der Waals surface area contributed by atoms with Gasteiger partial charge in [0.25, 0.3) is 0 Å². The monoisotopic (exact) mass is 272 g/mol. The molecule has 108 valence electrons. The van der Waals surface area contributed by atoms with Crippen LogP contribution in [0.4, 0.5) is 11.4 Å². The highest BCUT2D eigenvalue weighted by Gasteiger charge is 2.23. The number of nitrogens with one attached hydrogen (secondary N) is 1. The van der Waals surface area contributed by atoms with E-state index in [1.165, 1.54) is 11.4 Å². The molecule has 2 rings (SSSR count). The quantitative estimate of drug-likeness (QED) is 0.892. The molecule has 4 heteroatoms. The molecule has 0 fully saturated rings. The maximum Gasteiger partial charge on any atom is 0.103 e. The Kier molecular flexibility index (Phi) is 4.51.